The summed E-state index contributed by atoms with van der Waals surface area (Å²) in [7, 11) is 1.67. The SMILES string of the molecule is Cn1c(N2CCCC(C(=O)c3ccc(Cl)c(F)c3)C2)nc(-c2ccncc2)cc1=O. The van der Waals surface area contributed by atoms with Gasteiger partial charge in [-0.3, -0.25) is 19.1 Å². The van der Waals surface area contributed by atoms with Gasteiger partial charge in [0.05, 0.1) is 10.7 Å². The maximum absolute atomic E-state index is 13.8. The van der Waals surface area contributed by atoms with E-state index in [4.69, 9.17) is 16.6 Å². The standard InChI is InChI=1S/C22H20ClFN4O2/c1-27-20(29)12-19(14-6-8-25-9-7-14)26-22(27)28-10-2-3-16(13-28)21(30)15-4-5-17(23)18(24)11-15/h4-9,11-12,16H,2-3,10,13H2,1H3. The highest BCUT2D eigenvalue weighted by atomic mass is 35.5. The van der Waals surface area contributed by atoms with E-state index in [-0.39, 0.29) is 22.3 Å². The zero-order chi connectivity index (χ0) is 21.3. The molecule has 0 spiro atoms. The fourth-order valence-corrected chi connectivity index (χ4v) is 3.86. The third-order valence-corrected chi connectivity index (χ3v) is 5.67. The third-order valence-electron chi connectivity index (χ3n) is 5.37. The molecule has 6 nitrogen and oxygen atoms in total. The molecule has 30 heavy (non-hydrogen) atoms. The second kappa shape index (κ2) is 8.36. The molecule has 1 fully saturated rings. The van der Waals surface area contributed by atoms with E-state index in [1.165, 1.54) is 22.8 Å². The van der Waals surface area contributed by atoms with Gasteiger partial charge in [-0.15, -0.1) is 0 Å². The van der Waals surface area contributed by atoms with Gasteiger partial charge in [0, 0.05) is 55.6 Å². The van der Waals surface area contributed by atoms with Gasteiger partial charge in [0.25, 0.3) is 5.56 Å². The molecule has 0 radical (unpaired) electrons. The van der Waals surface area contributed by atoms with Crippen molar-refractivity contribution in [3.8, 4) is 11.3 Å². The smallest absolute Gasteiger partial charge is 0.255 e. The fraction of sp³-hybridized carbons (Fsp3) is 0.273. The highest BCUT2D eigenvalue weighted by molar-refractivity contribution is 6.30. The number of Topliss-reactive ketones (excluding diaryl/α,β-unsaturated/α-hetero) is 1. The number of piperidine rings is 1. The fourth-order valence-electron chi connectivity index (χ4n) is 3.74. The van der Waals surface area contributed by atoms with Gasteiger partial charge in [-0.25, -0.2) is 9.37 Å². The second-order valence-corrected chi connectivity index (χ2v) is 7.76. The number of hydrogen-bond acceptors (Lipinski definition) is 5. The largest absolute Gasteiger partial charge is 0.341 e. The van der Waals surface area contributed by atoms with Gasteiger partial charge in [-0.05, 0) is 43.2 Å². The van der Waals surface area contributed by atoms with E-state index in [2.05, 4.69) is 4.98 Å². The van der Waals surface area contributed by atoms with Crippen LogP contribution in [0.1, 0.15) is 23.2 Å². The molecular weight excluding hydrogens is 407 g/mol. The van der Waals surface area contributed by atoms with Gasteiger partial charge in [-0.1, -0.05) is 11.6 Å². The number of halogens is 2. The molecule has 0 saturated carbocycles. The number of ketones is 1. The molecular formula is C22H20ClFN4O2. The van der Waals surface area contributed by atoms with Crippen molar-refractivity contribution in [3.05, 3.63) is 75.5 Å². The van der Waals surface area contributed by atoms with Crippen molar-refractivity contribution in [1.82, 2.24) is 14.5 Å². The van der Waals surface area contributed by atoms with Crippen LogP contribution in [-0.4, -0.2) is 33.4 Å². The molecule has 1 aliphatic heterocycles. The predicted molar refractivity (Wildman–Crippen MR) is 113 cm³/mol. The molecule has 1 unspecified atom stereocenters. The van der Waals surface area contributed by atoms with Crippen LogP contribution in [0.2, 0.25) is 5.02 Å². The van der Waals surface area contributed by atoms with E-state index < -0.39 is 5.82 Å². The maximum Gasteiger partial charge on any atom is 0.255 e. The Morgan fingerprint density at radius 1 is 1.20 bits per heavy atom. The Labute approximate surface area is 178 Å². The lowest BCUT2D eigenvalue weighted by molar-refractivity contribution is 0.0906. The molecule has 0 aliphatic carbocycles. The first-order valence-electron chi connectivity index (χ1n) is 9.66. The molecule has 3 heterocycles. The minimum Gasteiger partial charge on any atom is -0.341 e. The summed E-state index contributed by atoms with van der Waals surface area (Å²) >= 11 is 5.73. The van der Waals surface area contributed by atoms with Gasteiger partial charge in [0.2, 0.25) is 5.95 Å². The summed E-state index contributed by atoms with van der Waals surface area (Å²) in [5, 5.41) is -0.0102. The molecule has 1 aliphatic rings. The number of hydrogen-bond donors (Lipinski definition) is 0. The zero-order valence-electron chi connectivity index (χ0n) is 16.4. The average molecular weight is 427 g/mol. The number of nitrogens with zero attached hydrogens (tertiary/aromatic N) is 4. The second-order valence-electron chi connectivity index (χ2n) is 7.35. The van der Waals surface area contributed by atoms with E-state index in [1.54, 1.807) is 37.6 Å². The third kappa shape index (κ3) is 3.98. The highest BCUT2D eigenvalue weighted by Gasteiger charge is 2.29. The number of carbonyl (C=O) groups is 1. The minimum absolute atomic E-state index is 0.0102. The molecule has 8 heteroatoms. The molecule has 1 aromatic carbocycles. The van der Waals surface area contributed by atoms with Crippen molar-refractivity contribution >= 4 is 23.3 Å². The van der Waals surface area contributed by atoms with Gasteiger partial charge in [0.15, 0.2) is 5.78 Å². The number of rotatable bonds is 4. The van der Waals surface area contributed by atoms with Crippen molar-refractivity contribution in [1.29, 1.82) is 0 Å². The Hall–Kier alpha value is -3.06. The van der Waals surface area contributed by atoms with E-state index >= 15 is 0 Å². The highest BCUT2D eigenvalue weighted by Crippen LogP contribution is 2.26. The average Bonchev–Trinajstić information content (AvgIpc) is 2.77. The van der Waals surface area contributed by atoms with Crippen molar-refractivity contribution < 1.29 is 9.18 Å². The first-order chi connectivity index (χ1) is 14.4. The minimum atomic E-state index is -0.607. The van der Waals surface area contributed by atoms with E-state index in [0.717, 1.165) is 12.0 Å². The number of benzene rings is 1. The Morgan fingerprint density at radius 2 is 1.97 bits per heavy atom. The lowest BCUT2D eigenvalue weighted by Gasteiger charge is -2.33. The number of aromatic nitrogens is 3. The van der Waals surface area contributed by atoms with Gasteiger partial charge < -0.3 is 4.90 Å². The van der Waals surface area contributed by atoms with Crippen LogP contribution in [0, 0.1) is 11.7 Å². The van der Waals surface area contributed by atoms with Crippen LogP contribution in [0.4, 0.5) is 10.3 Å². The van der Waals surface area contributed by atoms with E-state index in [9.17, 15) is 14.0 Å². The molecule has 3 aromatic rings. The molecule has 0 bridgehead atoms. The van der Waals surface area contributed by atoms with Gasteiger partial charge in [0.1, 0.15) is 5.82 Å². The van der Waals surface area contributed by atoms with E-state index in [1.807, 2.05) is 4.90 Å². The number of carbonyl (C=O) groups excluding carboxylic acids is 1. The summed E-state index contributed by atoms with van der Waals surface area (Å²) in [6.07, 6.45) is 4.75. The van der Waals surface area contributed by atoms with Crippen LogP contribution in [0.15, 0.2) is 53.6 Å². The van der Waals surface area contributed by atoms with Crippen LogP contribution in [0.25, 0.3) is 11.3 Å². The summed E-state index contributed by atoms with van der Waals surface area (Å²) in [6, 6.07) is 9.20. The van der Waals surface area contributed by atoms with Crippen LogP contribution < -0.4 is 10.5 Å². The molecule has 1 saturated heterocycles. The van der Waals surface area contributed by atoms with Gasteiger partial charge >= 0.3 is 0 Å². The Balaban J connectivity index is 1.63. The summed E-state index contributed by atoms with van der Waals surface area (Å²) < 4.78 is 15.3. The Bertz CT molecular complexity index is 1150. The lowest BCUT2D eigenvalue weighted by atomic mass is 9.90. The van der Waals surface area contributed by atoms with Gasteiger partial charge in [-0.2, -0.15) is 0 Å². The number of pyridine rings is 1. The normalized spacial score (nSPS) is 16.5. The summed E-state index contributed by atoms with van der Waals surface area (Å²) in [6.45, 7) is 1.09. The number of anilines is 1. The van der Waals surface area contributed by atoms with Crippen LogP contribution in [-0.2, 0) is 7.05 Å². The lowest BCUT2D eigenvalue weighted by Crippen LogP contribution is -2.42. The first kappa shape index (κ1) is 20.2. The first-order valence-corrected chi connectivity index (χ1v) is 10.0. The van der Waals surface area contributed by atoms with Crippen molar-refractivity contribution in [2.45, 2.75) is 12.8 Å². The topological polar surface area (TPSA) is 68.1 Å². The summed E-state index contributed by atoms with van der Waals surface area (Å²) in [4.78, 5) is 36.1. The molecule has 0 amide bonds. The van der Waals surface area contributed by atoms with Crippen LogP contribution in [0.3, 0.4) is 0 Å². The molecule has 2 aromatic heterocycles. The predicted octanol–water partition coefficient (Wildman–Crippen LogP) is 3.73. The van der Waals surface area contributed by atoms with E-state index in [0.29, 0.717) is 36.7 Å². The van der Waals surface area contributed by atoms with Crippen molar-refractivity contribution in [3.63, 3.8) is 0 Å². The quantitative estimate of drug-likeness (QED) is 0.594. The molecule has 1 atom stereocenters. The van der Waals surface area contributed by atoms with Crippen molar-refractivity contribution in [2.75, 3.05) is 18.0 Å². The Kier molecular flexibility index (Phi) is 5.63. The zero-order valence-corrected chi connectivity index (χ0v) is 17.1. The molecule has 0 N–H and O–H groups in total. The van der Waals surface area contributed by atoms with Crippen molar-refractivity contribution in [2.24, 2.45) is 13.0 Å². The maximum atomic E-state index is 13.8. The molecule has 4 rings (SSSR count). The summed E-state index contributed by atoms with van der Waals surface area (Å²) in [5.74, 6) is -0.551. The summed E-state index contributed by atoms with van der Waals surface area (Å²) in [5.41, 5.74) is 1.48. The van der Waals surface area contributed by atoms with Crippen LogP contribution in [0.5, 0.6) is 0 Å². The molecule has 154 valence electrons. The monoisotopic (exact) mass is 426 g/mol. The Morgan fingerprint density at radius 3 is 2.70 bits per heavy atom. The van der Waals surface area contributed by atoms with Crippen LogP contribution >= 0.6 is 11.6 Å².